The quantitative estimate of drug-likeness (QED) is 0.827. The SMILES string of the molecule is O=C(Nc1ccc(Cl)c(C(=O)NC2CCCCC2)c1)c1ccsc1. The first-order valence-electron chi connectivity index (χ1n) is 8.07. The topological polar surface area (TPSA) is 58.2 Å². The average molecular weight is 363 g/mol. The molecule has 4 nitrogen and oxygen atoms in total. The highest BCUT2D eigenvalue weighted by molar-refractivity contribution is 7.08. The van der Waals surface area contributed by atoms with Crippen molar-refractivity contribution >= 4 is 40.4 Å². The average Bonchev–Trinajstić information content (AvgIpc) is 3.12. The molecule has 2 aromatic rings. The van der Waals surface area contributed by atoms with Crippen LogP contribution in [0.25, 0.3) is 0 Å². The van der Waals surface area contributed by atoms with Crippen LogP contribution in [0, 0.1) is 0 Å². The van der Waals surface area contributed by atoms with Crippen LogP contribution in [0.3, 0.4) is 0 Å². The molecule has 0 aliphatic heterocycles. The van der Waals surface area contributed by atoms with Crippen LogP contribution in [-0.4, -0.2) is 17.9 Å². The van der Waals surface area contributed by atoms with Gasteiger partial charge in [-0.25, -0.2) is 0 Å². The van der Waals surface area contributed by atoms with Crippen LogP contribution in [0.4, 0.5) is 5.69 Å². The molecular formula is C18H19ClN2O2S. The molecule has 126 valence electrons. The Kier molecular flexibility index (Phi) is 5.53. The summed E-state index contributed by atoms with van der Waals surface area (Å²) in [5, 5.41) is 9.86. The summed E-state index contributed by atoms with van der Waals surface area (Å²) >= 11 is 7.64. The Labute approximate surface area is 150 Å². The monoisotopic (exact) mass is 362 g/mol. The minimum atomic E-state index is -0.197. The second kappa shape index (κ2) is 7.81. The van der Waals surface area contributed by atoms with Gasteiger partial charge in [0.05, 0.1) is 16.1 Å². The Morgan fingerprint density at radius 3 is 2.58 bits per heavy atom. The third-order valence-electron chi connectivity index (χ3n) is 4.19. The number of rotatable bonds is 4. The van der Waals surface area contributed by atoms with Gasteiger partial charge in [0.1, 0.15) is 0 Å². The first-order valence-corrected chi connectivity index (χ1v) is 9.39. The highest BCUT2D eigenvalue weighted by Gasteiger charge is 2.19. The fourth-order valence-electron chi connectivity index (χ4n) is 2.88. The van der Waals surface area contributed by atoms with Crippen molar-refractivity contribution in [3.63, 3.8) is 0 Å². The summed E-state index contributed by atoms with van der Waals surface area (Å²) < 4.78 is 0. The molecule has 0 atom stereocenters. The number of carbonyl (C=O) groups excluding carboxylic acids is 2. The third kappa shape index (κ3) is 4.16. The maximum atomic E-state index is 12.5. The van der Waals surface area contributed by atoms with Gasteiger partial charge in [0.2, 0.25) is 0 Å². The molecule has 1 saturated carbocycles. The lowest BCUT2D eigenvalue weighted by Gasteiger charge is -2.23. The molecule has 1 aromatic heterocycles. The third-order valence-corrected chi connectivity index (χ3v) is 5.21. The maximum Gasteiger partial charge on any atom is 0.256 e. The Bertz CT molecular complexity index is 725. The summed E-state index contributed by atoms with van der Waals surface area (Å²) in [4.78, 5) is 24.6. The zero-order valence-electron chi connectivity index (χ0n) is 13.2. The molecule has 1 heterocycles. The van der Waals surface area contributed by atoms with E-state index in [0.29, 0.717) is 21.8 Å². The van der Waals surface area contributed by atoms with Crippen molar-refractivity contribution in [3.05, 3.63) is 51.2 Å². The van der Waals surface area contributed by atoms with E-state index < -0.39 is 0 Å². The van der Waals surface area contributed by atoms with Crippen LogP contribution in [0.1, 0.15) is 52.8 Å². The van der Waals surface area contributed by atoms with E-state index >= 15 is 0 Å². The van der Waals surface area contributed by atoms with Crippen LogP contribution >= 0.6 is 22.9 Å². The van der Waals surface area contributed by atoms with E-state index in [1.54, 1.807) is 29.6 Å². The molecule has 0 bridgehead atoms. The van der Waals surface area contributed by atoms with Gasteiger partial charge in [-0.05, 0) is 42.5 Å². The van der Waals surface area contributed by atoms with Gasteiger partial charge < -0.3 is 10.6 Å². The summed E-state index contributed by atoms with van der Waals surface area (Å²) in [6, 6.07) is 6.94. The Balaban J connectivity index is 1.71. The normalized spacial score (nSPS) is 15.0. The molecule has 1 aliphatic carbocycles. The van der Waals surface area contributed by atoms with Crippen molar-refractivity contribution in [2.45, 2.75) is 38.1 Å². The molecule has 6 heteroatoms. The van der Waals surface area contributed by atoms with Gasteiger partial charge in [-0.3, -0.25) is 9.59 Å². The van der Waals surface area contributed by atoms with Gasteiger partial charge in [0.25, 0.3) is 11.8 Å². The minimum Gasteiger partial charge on any atom is -0.349 e. The summed E-state index contributed by atoms with van der Waals surface area (Å²) in [6.07, 6.45) is 5.55. The van der Waals surface area contributed by atoms with E-state index in [2.05, 4.69) is 10.6 Å². The van der Waals surface area contributed by atoms with E-state index in [-0.39, 0.29) is 17.9 Å². The number of hydrogen-bond acceptors (Lipinski definition) is 3. The highest BCUT2D eigenvalue weighted by Crippen LogP contribution is 2.23. The van der Waals surface area contributed by atoms with Crippen molar-refractivity contribution in [2.75, 3.05) is 5.32 Å². The van der Waals surface area contributed by atoms with E-state index in [9.17, 15) is 9.59 Å². The van der Waals surface area contributed by atoms with Crippen molar-refractivity contribution in [1.82, 2.24) is 5.32 Å². The van der Waals surface area contributed by atoms with Crippen molar-refractivity contribution in [1.29, 1.82) is 0 Å². The summed E-state index contributed by atoms with van der Waals surface area (Å²) in [7, 11) is 0. The van der Waals surface area contributed by atoms with Crippen LogP contribution in [0.2, 0.25) is 5.02 Å². The molecule has 3 rings (SSSR count). The standard InChI is InChI=1S/C18H19ClN2O2S/c19-16-7-6-14(21-17(22)12-8-9-24-11-12)10-15(16)18(23)20-13-4-2-1-3-5-13/h6-11,13H,1-5H2,(H,20,23)(H,21,22). The summed E-state index contributed by atoms with van der Waals surface area (Å²) in [5.41, 5.74) is 1.55. The molecular weight excluding hydrogens is 344 g/mol. The number of nitrogens with one attached hydrogen (secondary N) is 2. The van der Waals surface area contributed by atoms with Gasteiger partial charge in [0.15, 0.2) is 0 Å². The Morgan fingerprint density at radius 2 is 1.88 bits per heavy atom. The first kappa shape index (κ1) is 17.0. The van der Waals surface area contributed by atoms with E-state index in [0.717, 1.165) is 25.7 Å². The molecule has 2 amide bonds. The number of hydrogen-bond donors (Lipinski definition) is 2. The number of carbonyl (C=O) groups is 2. The van der Waals surface area contributed by atoms with Crippen molar-refractivity contribution in [2.24, 2.45) is 0 Å². The molecule has 2 N–H and O–H groups in total. The molecule has 0 unspecified atom stereocenters. The lowest BCUT2D eigenvalue weighted by atomic mass is 9.95. The smallest absolute Gasteiger partial charge is 0.256 e. The zero-order valence-corrected chi connectivity index (χ0v) is 14.8. The van der Waals surface area contributed by atoms with Gasteiger partial charge in [-0.15, -0.1) is 0 Å². The second-order valence-corrected chi connectivity index (χ2v) is 7.16. The lowest BCUT2D eigenvalue weighted by molar-refractivity contribution is 0.0927. The second-order valence-electron chi connectivity index (χ2n) is 5.97. The van der Waals surface area contributed by atoms with E-state index in [1.807, 2.05) is 5.38 Å². The maximum absolute atomic E-state index is 12.5. The molecule has 0 saturated heterocycles. The highest BCUT2D eigenvalue weighted by atomic mass is 35.5. The Morgan fingerprint density at radius 1 is 1.08 bits per heavy atom. The van der Waals surface area contributed by atoms with Gasteiger partial charge in [0, 0.05) is 17.1 Å². The van der Waals surface area contributed by atoms with Gasteiger partial charge in [-0.1, -0.05) is 30.9 Å². The molecule has 24 heavy (non-hydrogen) atoms. The van der Waals surface area contributed by atoms with Crippen LogP contribution in [0.15, 0.2) is 35.0 Å². The largest absolute Gasteiger partial charge is 0.349 e. The molecule has 1 aromatic carbocycles. The van der Waals surface area contributed by atoms with Crippen molar-refractivity contribution < 1.29 is 9.59 Å². The fraction of sp³-hybridized carbons (Fsp3) is 0.333. The summed E-state index contributed by atoms with van der Waals surface area (Å²) in [5.74, 6) is -0.379. The lowest BCUT2D eigenvalue weighted by Crippen LogP contribution is -2.36. The van der Waals surface area contributed by atoms with Crippen LogP contribution in [-0.2, 0) is 0 Å². The number of benzene rings is 1. The summed E-state index contributed by atoms with van der Waals surface area (Å²) in [6.45, 7) is 0. The number of anilines is 1. The molecule has 1 fully saturated rings. The Hall–Kier alpha value is -1.85. The van der Waals surface area contributed by atoms with Gasteiger partial charge >= 0.3 is 0 Å². The predicted molar refractivity (Wildman–Crippen MR) is 98.1 cm³/mol. The molecule has 1 aliphatic rings. The fourth-order valence-corrected chi connectivity index (χ4v) is 3.72. The number of amides is 2. The molecule has 0 spiro atoms. The van der Waals surface area contributed by atoms with E-state index in [1.165, 1.54) is 17.8 Å². The van der Waals surface area contributed by atoms with Crippen LogP contribution in [0.5, 0.6) is 0 Å². The van der Waals surface area contributed by atoms with Gasteiger partial charge in [-0.2, -0.15) is 11.3 Å². The first-order chi connectivity index (χ1) is 11.6. The van der Waals surface area contributed by atoms with E-state index in [4.69, 9.17) is 11.6 Å². The van der Waals surface area contributed by atoms with Crippen LogP contribution < -0.4 is 10.6 Å². The number of halogens is 1. The predicted octanol–water partition coefficient (Wildman–Crippen LogP) is 4.72. The molecule has 0 radical (unpaired) electrons. The van der Waals surface area contributed by atoms with Crippen molar-refractivity contribution in [3.8, 4) is 0 Å². The number of thiophene rings is 1. The zero-order chi connectivity index (χ0) is 16.9. The minimum absolute atomic E-state index is 0.182.